The van der Waals surface area contributed by atoms with Crippen LogP contribution in [0, 0.1) is 18.3 Å². The largest absolute Gasteiger partial charge is 0.494 e. The third-order valence-corrected chi connectivity index (χ3v) is 4.04. The van der Waals surface area contributed by atoms with Gasteiger partial charge in [-0.25, -0.2) is 4.98 Å². The second kappa shape index (κ2) is 6.61. The molecule has 0 unspecified atom stereocenters. The zero-order valence-corrected chi connectivity index (χ0v) is 13.9. The van der Waals surface area contributed by atoms with Gasteiger partial charge in [0.15, 0.2) is 11.4 Å². The van der Waals surface area contributed by atoms with Crippen LogP contribution in [-0.4, -0.2) is 37.0 Å². The lowest BCUT2D eigenvalue weighted by Crippen LogP contribution is -2.51. The molecule has 7 heteroatoms. The maximum atomic E-state index is 12.1. The molecule has 0 aliphatic carbocycles. The van der Waals surface area contributed by atoms with Crippen molar-refractivity contribution in [2.45, 2.75) is 6.92 Å². The summed E-state index contributed by atoms with van der Waals surface area (Å²) in [6.07, 6.45) is 1.61. The quantitative estimate of drug-likeness (QED) is 0.914. The van der Waals surface area contributed by atoms with Crippen molar-refractivity contribution >= 4 is 17.5 Å². The van der Waals surface area contributed by atoms with Crippen molar-refractivity contribution in [2.24, 2.45) is 0 Å². The van der Waals surface area contributed by atoms with Crippen LogP contribution in [-0.2, 0) is 9.59 Å². The predicted molar refractivity (Wildman–Crippen MR) is 91.0 cm³/mol. The van der Waals surface area contributed by atoms with E-state index in [0.29, 0.717) is 11.4 Å². The van der Waals surface area contributed by atoms with Crippen molar-refractivity contribution in [2.75, 3.05) is 25.1 Å². The minimum absolute atomic E-state index is 0.0107. The number of nitrogens with one attached hydrogen (secondary N) is 1. The summed E-state index contributed by atoms with van der Waals surface area (Å²) >= 11 is 0. The third kappa shape index (κ3) is 3.15. The van der Waals surface area contributed by atoms with E-state index in [2.05, 4.69) is 10.3 Å². The molecule has 2 heterocycles. The fourth-order valence-electron chi connectivity index (χ4n) is 2.76. The number of aryl methyl sites for hydroxylation is 1. The number of carbonyl (C=O) groups excluding carboxylic acids is 2. The van der Waals surface area contributed by atoms with Gasteiger partial charge in [-0.2, -0.15) is 5.26 Å². The van der Waals surface area contributed by atoms with E-state index in [1.807, 2.05) is 31.2 Å². The molecular formula is C18H16N4O3. The van der Waals surface area contributed by atoms with Gasteiger partial charge in [0.25, 0.3) is 0 Å². The van der Waals surface area contributed by atoms with Crippen LogP contribution in [0.5, 0.6) is 5.75 Å². The number of nitrogens with zero attached hydrogens (tertiary/aromatic N) is 3. The van der Waals surface area contributed by atoms with Crippen LogP contribution in [0.3, 0.4) is 0 Å². The molecule has 1 fully saturated rings. The van der Waals surface area contributed by atoms with Gasteiger partial charge in [0.2, 0.25) is 11.8 Å². The van der Waals surface area contributed by atoms with Crippen molar-refractivity contribution in [3.63, 3.8) is 0 Å². The SMILES string of the molecule is COc1cc(-c2ccc(N3CC(=O)NCC3=O)c(C)c2)cnc1C#N. The van der Waals surface area contributed by atoms with E-state index in [0.717, 1.165) is 16.7 Å². The average Bonchev–Trinajstić information content (AvgIpc) is 2.63. The van der Waals surface area contributed by atoms with Crippen molar-refractivity contribution in [3.8, 4) is 22.9 Å². The number of hydrogen-bond acceptors (Lipinski definition) is 5. The maximum Gasteiger partial charge on any atom is 0.246 e. The monoisotopic (exact) mass is 336 g/mol. The summed E-state index contributed by atoms with van der Waals surface area (Å²) < 4.78 is 5.19. The molecule has 2 amide bonds. The van der Waals surface area contributed by atoms with E-state index >= 15 is 0 Å². The number of hydrogen-bond donors (Lipinski definition) is 1. The van der Waals surface area contributed by atoms with Gasteiger partial charge in [-0.05, 0) is 36.2 Å². The second-order valence-corrected chi connectivity index (χ2v) is 5.64. The lowest BCUT2D eigenvalue weighted by molar-refractivity contribution is -0.128. The second-order valence-electron chi connectivity index (χ2n) is 5.64. The summed E-state index contributed by atoms with van der Waals surface area (Å²) in [7, 11) is 1.49. The van der Waals surface area contributed by atoms with Gasteiger partial charge in [-0.1, -0.05) is 6.07 Å². The molecule has 1 aromatic heterocycles. The number of ether oxygens (including phenoxy) is 1. The highest BCUT2D eigenvalue weighted by molar-refractivity contribution is 6.05. The van der Waals surface area contributed by atoms with Crippen molar-refractivity contribution in [3.05, 3.63) is 41.7 Å². The Morgan fingerprint density at radius 3 is 2.76 bits per heavy atom. The molecule has 1 aliphatic rings. The summed E-state index contributed by atoms with van der Waals surface area (Å²) in [5.74, 6) is 0.0888. The molecule has 1 aromatic carbocycles. The van der Waals surface area contributed by atoms with Gasteiger partial charge in [0.1, 0.15) is 12.6 Å². The fraction of sp³-hybridized carbons (Fsp3) is 0.222. The first kappa shape index (κ1) is 16.5. The Kier molecular flexibility index (Phi) is 4.35. The molecule has 126 valence electrons. The van der Waals surface area contributed by atoms with E-state index in [-0.39, 0.29) is 30.6 Å². The molecule has 1 saturated heterocycles. The maximum absolute atomic E-state index is 12.1. The Balaban J connectivity index is 1.96. The van der Waals surface area contributed by atoms with E-state index in [9.17, 15) is 9.59 Å². The minimum Gasteiger partial charge on any atom is -0.494 e. The number of piperazine rings is 1. The third-order valence-electron chi connectivity index (χ3n) is 4.04. The smallest absolute Gasteiger partial charge is 0.246 e. The molecule has 3 rings (SSSR count). The molecule has 1 aliphatic heterocycles. The molecule has 0 radical (unpaired) electrons. The van der Waals surface area contributed by atoms with Crippen LogP contribution >= 0.6 is 0 Å². The molecule has 7 nitrogen and oxygen atoms in total. The summed E-state index contributed by atoms with van der Waals surface area (Å²) in [6, 6.07) is 9.31. The minimum atomic E-state index is -0.177. The number of carbonyl (C=O) groups is 2. The van der Waals surface area contributed by atoms with Crippen LogP contribution in [0.1, 0.15) is 11.3 Å². The molecule has 2 aromatic rings. The van der Waals surface area contributed by atoms with E-state index in [1.54, 1.807) is 12.3 Å². The first-order chi connectivity index (χ1) is 12.0. The molecule has 1 N–H and O–H groups in total. The Morgan fingerprint density at radius 1 is 1.28 bits per heavy atom. The molecule has 25 heavy (non-hydrogen) atoms. The average molecular weight is 336 g/mol. The lowest BCUT2D eigenvalue weighted by Gasteiger charge is -2.28. The van der Waals surface area contributed by atoms with Gasteiger partial charge in [0.05, 0.1) is 13.7 Å². The number of nitriles is 1. The lowest BCUT2D eigenvalue weighted by atomic mass is 10.0. The number of pyridine rings is 1. The molecular weight excluding hydrogens is 320 g/mol. The Labute approximate surface area is 144 Å². The topological polar surface area (TPSA) is 95.3 Å². The number of anilines is 1. The zero-order valence-electron chi connectivity index (χ0n) is 13.9. The number of aromatic nitrogens is 1. The summed E-state index contributed by atoms with van der Waals surface area (Å²) in [6.45, 7) is 1.91. The fourth-order valence-corrected chi connectivity index (χ4v) is 2.76. The van der Waals surface area contributed by atoms with Gasteiger partial charge < -0.3 is 15.0 Å². The van der Waals surface area contributed by atoms with Crippen LogP contribution in [0.4, 0.5) is 5.69 Å². The highest BCUT2D eigenvalue weighted by atomic mass is 16.5. The van der Waals surface area contributed by atoms with E-state index < -0.39 is 0 Å². The summed E-state index contributed by atoms with van der Waals surface area (Å²) in [5, 5.41) is 11.6. The van der Waals surface area contributed by atoms with Crippen LogP contribution in [0.15, 0.2) is 30.5 Å². The van der Waals surface area contributed by atoms with E-state index in [4.69, 9.17) is 10.00 Å². The van der Waals surface area contributed by atoms with Gasteiger partial charge in [-0.3, -0.25) is 9.59 Å². The number of amides is 2. The number of methoxy groups -OCH3 is 1. The number of benzene rings is 1. The number of rotatable bonds is 3. The van der Waals surface area contributed by atoms with Gasteiger partial charge in [0, 0.05) is 17.4 Å². The highest BCUT2D eigenvalue weighted by Gasteiger charge is 2.25. The van der Waals surface area contributed by atoms with Gasteiger partial charge >= 0.3 is 0 Å². The van der Waals surface area contributed by atoms with E-state index in [1.165, 1.54) is 12.0 Å². The van der Waals surface area contributed by atoms with Gasteiger partial charge in [-0.15, -0.1) is 0 Å². The van der Waals surface area contributed by atoms with Crippen molar-refractivity contribution < 1.29 is 14.3 Å². The molecule has 0 bridgehead atoms. The van der Waals surface area contributed by atoms with Crippen LogP contribution in [0.2, 0.25) is 0 Å². The Bertz CT molecular complexity index is 902. The zero-order chi connectivity index (χ0) is 18.0. The normalized spacial score (nSPS) is 14.0. The standard InChI is InChI=1S/C18H16N4O3/c1-11-5-12(13-6-16(25-2)14(7-19)20-8-13)3-4-15(11)22-10-17(23)21-9-18(22)24/h3-6,8H,9-10H2,1-2H3,(H,21,23). The predicted octanol–water partition coefficient (Wildman–Crippen LogP) is 1.40. The molecule has 0 saturated carbocycles. The first-order valence-corrected chi connectivity index (χ1v) is 7.65. The molecule has 0 atom stereocenters. The highest BCUT2D eigenvalue weighted by Crippen LogP contribution is 2.30. The van der Waals surface area contributed by atoms with Crippen molar-refractivity contribution in [1.82, 2.24) is 10.3 Å². The van der Waals surface area contributed by atoms with Crippen molar-refractivity contribution in [1.29, 1.82) is 5.26 Å². The molecule has 0 spiro atoms. The van der Waals surface area contributed by atoms with Crippen LogP contribution in [0.25, 0.3) is 11.1 Å². The Hall–Kier alpha value is -3.40. The summed E-state index contributed by atoms with van der Waals surface area (Å²) in [4.78, 5) is 29.2. The summed E-state index contributed by atoms with van der Waals surface area (Å²) in [5.41, 5.74) is 3.48. The Morgan fingerprint density at radius 2 is 2.08 bits per heavy atom. The first-order valence-electron chi connectivity index (χ1n) is 7.65. The van der Waals surface area contributed by atoms with Crippen LogP contribution < -0.4 is 15.0 Å².